The largest absolute Gasteiger partial charge is 0.497 e. The van der Waals surface area contributed by atoms with Crippen LogP contribution >= 0.6 is 15.9 Å². The van der Waals surface area contributed by atoms with Gasteiger partial charge in [0.1, 0.15) is 11.5 Å². The smallest absolute Gasteiger partial charge is 0.343 e. The van der Waals surface area contributed by atoms with Gasteiger partial charge in [0.25, 0.3) is 0 Å². The monoisotopic (exact) mass is 436 g/mol. The number of rotatable bonds is 6. The number of methoxy groups -OCH3 is 1. The molecule has 0 fully saturated rings. The standard InChI is InChI=1S/C23H17BrO4/c1-27-20-12-8-17(9-13-20)22(25)14-5-16-3-2-4-21(15-16)28-23(26)18-6-10-19(24)11-7-18/h2-15H,1H3. The number of esters is 1. The Labute approximate surface area is 171 Å². The average molecular weight is 437 g/mol. The molecule has 3 aromatic carbocycles. The molecule has 0 heterocycles. The maximum Gasteiger partial charge on any atom is 0.343 e. The van der Waals surface area contributed by atoms with Crippen molar-refractivity contribution in [3.8, 4) is 11.5 Å². The van der Waals surface area contributed by atoms with E-state index in [9.17, 15) is 9.59 Å². The Kier molecular flexibility index (Phi) is 6.40. The van der Waals surface area contributed by atoms with Crippen molar-refractivity contribution in [1.82, 2.24) is 0 Å². The molecule has 0 amide bonds. The summed E-state index contributed by atoms with van der Waals surface area (Å²) in [6, 6.07) is 20.8. The Morgan fingerprint density at radius 3 is 2.21 bits per heavy atom. The van der Waals surface area contributed by atoms with Crippen molar-refractivity contribution in [3.63, 3.8) is 0 Å². The summed E-state index contributed by atoms with van der Waals surface area (Å²) < 4.78 is 11.4. The minimum absolute atomic E-state index is 0.125. The second kappa shape index (κ2) is 9.15. The van der Waals surface area contributed by atoms with Crippen molar-refractivity contribution < 1.29 is 19.1 Å². The minimum atomic E-state index is -0.442. The molecule has 0 spiro atoms. The van der Waals surface area contributed by atoms with Gasteiger partial charge in [-0.3, -0.25) is 4.79 Å². The van der Waals surface area contributed by atoms with Crippen LogP contribution in [0.15, 0.2) is 83.3 Å². The SMILES string of the molecule is COc1ccc(C(=O)C=Cc2cccc(OC(=O)c3ccc(Br)cc3)c2)cc1. The number of carbonyl (C=O) groups excluding carboxylic acids is 2. The molecule has 0 radical (unpaired) electrons. The van der Waals surface area contributed by atoms with Crippen LogP contribution in [0.1, 0.15) is 26.3 Å². The maximum atomic E-state index is 12.3. The van der Waals surface area contributed by atoms with E-state index in [1.54, 1.807) is 79.9 Å². The lowest BCUT2D eigenvalue weighted by molar-refractivity contribution is 0.0734. The minimum Gasteiger partial charge on any atom is -0.497 e. The molecule has 0 aliphatic carbocycles. The molecular weight excluding hydrogens is 420 g/mol. The van der Waals surface area contributed by atoms with Crippen molar-refractivity contribution in [2.75, 3.05) is 7.11 Å². The van der Waals surface area contributed by atoms with Crippen molar-refractivity contribution in [2.24, 2.45) is 0 Å². The first kappa shape index (κ1) is 19.6. The zero-order valence-electron chi connectivity index (χ0n) is 15.1. The zero-order chi connectivity index (χ0) is 19.9. The summed E-state index contributed by atoms with van der Waals surface area (Å²) in [5, 5.41) is 0. The van der Waals surface area contributed by atoms with Gasteiger partial charge in [-0.25, -0.2) is 4.79 Å². The van der Waals surface area contributed by atoms with Crippen LogP contribution in [0.5, 0.6) is 11.5 Å². The first-order valence-corrected chi connectivity index (χ1v) is 9.29. The predicted octanol–water partition coefficient (Wildman–Crippen LogP) is 5.57. The van der Waals surface area contributed by atoms with Gasteiger partial charge in [0.15, 0.2) is 5.78 Å². The van der Waals surface area contributed by atoms with Crippen LogP contribution in [0.25, 0.3) is 6.08 Å². The van der Waals surface area contributed by atoms with Crippen molar-refractivity contribution in [1.29, 1.82) is 0 Å². The normalized spacial score (nSPS) is 10.6. The van der Waals surface area contributed by atoms with E-state index in [0.717, 1.165) is 10.0 Å². The molecule has 140 valence electrons. The van der Waals surface area contributed by atoms with Crippen LogP contribution in [0, 0.1) is 0 Å². The van der Waals surface area contributed by atoms with Crippen LogP contribution in [-0.2, 0) is 0 Å². The fourth-order valence-electron chi connectivity index (χ4n) is 2.46. The highest BCUT2D eigenvalue weighted by Gasteiger charge is 2.08. The number of hydrogen-bond donors (Lipinski definition) is 0. The molecule has 28 heavy (non-hydrogen) atoms. The van der Waals surface area contributed by atoms with E-state index < -0.39 is 5.97 Å². The molecule has 0 bridgehead atoms. The lowest BCUT2D eigenvalue weighted by atomic mass is 10.1. The van der Waals surface area contributed by atoms with E-state index in [1.807, 2.05) is 6.07 Å². The first-order valence-electron chi connectivity index (χ1n) is 8.49. The number of halogens is 1. The Balaban J connectivity index is 1.68. The van der Waals surface area contributed by atoms with Crippen LogP contribution in [0.2, 0.25) is 0 Å². The Bertz CT molecular complexity index is 1010. The second-order valence-corrected chi connectivity index (χ2v) is 6.81. The van der Waals surface area contributed by atoms with E-state index in [0.29, 0.717) is 22.6 Å². The molecule has 0 unspecified atom stereocenters. The Hall–Kier alpha value is -3.18. The van der Waals surface area contributed by atoms with E-state index in [4.69, 9.17) is 9.47 Å². The van der Waals surface area contributed by atoms with Crippen LogP contribution in [0.3, 0.4) is 0 Å². The summed E-state index contributed by atoms with van der Waals surface area (Å²) in [5.74, 6) is 0.538. The molecule has 0 aromatic heterocycles. The molecule has 0 saturated carbocycles. The second-order valence-electron chi connectivity index (χ2n) is 5.89. The van der Waals surface area contributed by atoms with Crippen LogP contribution in [0.4, 0.5) is 0 Å². The van der Waals surface area contributed by atoms with E-state index in [-0.39, 0.29) is 5.78 Å². The highest BCUT2D eigenvalue weighted by atomic mass is 79.9. The molecule has 4 nitrogen and oxygen atoms in total. The van der Waals surface area contributed by atoms with E-state index in [1.165, 1.54) is 6.08 Å². The van der Waals surface area contributed by atoms with Gasteiger partial charge in [-0.1, -0.05) is 34.1 Å². The van der Waals surface area contributed by atoms with Gasteiger partial charge < -0.3 is 9.47 Å². The summed E-state index contributed by atoms with van der Waals surface area (Å²) in [4.78, 5) is 24.5. The van der Waals surface area contributed by atoms with E-state index in [2.05, 4.69) is 15.9 Å². The highest BCUT2D eigenvalue weighted by Crippen LogP contribution is 2.18. The van der Waals surface area contributed by atoms with Gasteiger partial charge >= 0.3 is 5.97 Å². The third kappa shape index (κ3) is 5.18. The van der Waals surface area contributed by atoms with Gasteiger partial charge in [-0.15, -0.1) is 0 Å². The quantitative estimate of drug-likeness (QED) is 0.219. The number of ether oxygens (including phenoxy) is 2. The predicted molar refractivity (Wildman–Crippen MR) is 112 cm³/mol. The van der Waals surface area contributed by atoms with Gasteiger partial charge in [-0.2, -0.15) is 0 Å². The van der Waals surface area contributed by atoms with Gasteiger partial charge in [0, 0.05) is 10.0 Å². The molecule has 3 aromatic rings. The van der Waals surface area contributed by atoms with Gasteiger partial charge in [0.2, 0.25) is 0 Å². The summed E-state index contributed by atoms with van der Waals surface area (Å²) in [5.41, 5.74) is 1.77. The molecular formula is C23H17BrO4. The summed E-state index contributed by atoms with van der Waals surface area (Å²) in [6.45, 7) is 0. The topological polar surface area (TPSA) is 52.6 Å². The Morgan fingerprint density at radius 1 is 0.857 bits per heavy atom. The summed E-state index contributed by atoms with van der Waals surface area (Å²) in [6.07, 6.45) is 3.17. The summed E-state index contributed by atoms with van der Waals surface area (Å²) >= 11 is 3.33. The third-order valence-electron chi connectivity index (χ3n) is 3.95. The highest BCUT2D eigenvalue weighted by molar-refractivity contribution is 9.10. The zero-order valence-corrected chi connectivity index (χ0v) is 16.7. The van der Waals surface area contributed by atoms with E-state index >= 15 is 0 Å². The maximum absolute atomic E-state index is 12.3. The van der Waals surface area contributed by atoms with Gasteiger partial charge in [-0.05, 0) is 72.3 Å². The number of allylic oxidation sites excluding steroid dienone is 1. The fraction of sp³-hybridized carbons (Fsp3) is 0.0435. The first-order chi connectivity index (χ1) is 13.5. The Morgan fingerprint density at radius 2 is 1.54 bits per heavy atom. The number of hydrogen-bond acceptors (Lipinski definition) is 4. The summed E-state index contributed by atoms with van der Waals surface area (Å²) in [7, 11) is 1.58. The third-order valence-corrected chi connectivity index (χ3v) is 4.48. The molecule has 0 aliphatic heterocycles. The van der Waals surface area contributed by atoms with Crippen molar-refractivity contribution >= 4 is 33.8 Å². The number of ketones is 1. The van der Waals surface area contributed by atoms with Crippen LogP contribution in [-0.4, -0.2) is 18.9 Å². The number of benzene rings is 3. The fourth-order valence-corrected chi connectivity index (χ4v) is 2.72. The van der Waals surface area contributed by atoms with Gasteiger partial charge in [0.05, 0.1) is 12.7 Å². The lowest BCUT2D eigenvalue weighted by Crippen LogP contribution is -2.08. The van der Waals surface area contributed by atoms with Crippen LogP contribution < -0.4 is 9.47 Å². The molecule has 3 rings (SSSR count). The molecule has 0 N–H and O–H groups in total. The average Bonchev–Trinajstić information content (AvgIpc) is 2.73. The molecule has 0 atom stereocenters. The molecule has 5 heteroatoms. The number of carbonyl (C=O) groups is 2. The van der Waals surface area contributed by atoms with Crippen molar-refractivity contribution in [3.05, 3.63) is 100 Å². The molecule has 0 aliphatic rings. The van der Waals surface area contributed by atoms with Crippen molar-refractivity contribution in [2.45, 2.75) is 0 Å². The lowest BCUT2D eigenvalue weighted by Gasteiger charge is -2.05. The molecule has 0 saturated heterocycles.